The molecule has 7 heteroatoms. The third-order valence-corrected chi connectivity index (χ3v) is 2.05. The number of aromatic nitrogens is 1. The van der Waals surface area contributed by atoms with E-state index in [0.717, 1.165) is 0 Å². The second kappa shape index (κ2) is 6.00. The van der Waals surface area contributed by atoms with Crippen molar-refractivity contribution in [1.29, 1.82) is 5.26 Å². The molecule has 0 atom stereocenters. The maximum atomic E-state index is 11.8. The normalized spacial score (nSPS) is 10.8. The van der Waals surface area contributed by atoms with Crippen molar-refractivity contribution in [3.05, 3.63) is 29.6 Å². The van der Waals surface area contributed by atoms with Gasteiger partial charge in [0.2, 0.25) is 0 Å². The van der Waals surface area contributed by atoms with Crippen molar-refractivity contribution >= 4 is 5.91 Å². The molecular weight excluding hydrogens is 247 g/mol. The number of hydrogen-bond donors (Lipinski definition) is 1. The van der Waals surface area contributed by atoms with Crippen molar-refractivity contribution in [2.24, 2.45) is 0 Å². The smallest absolute Gasteiger partial charge is 0.351 e. The Bertz CT molecular complexity index is 448. The van der Waals surface area contributed by atoms with Gasteiger partial charge in [-0.15, -0.1) is 0 Å². The molecule has 0 spiro atoms. The number of amides is 1. The molecule has 0 saturated heterocycles. The van der Waals surface area contributed by atoms with E-state index in [0.29, 0.717) is 5.56 Å². The van der Waals surface area contributed by atoms with E-state index in [1.54, 1.807) is 0 Å². The van der Waals surface area contributed by atoms with Gasteiger partial charge < -0.3 is 5.32 Å². The van der Waals surface area contributed by atoms with Crippen LogP contribution in [-0.4, -0.2) is 23.6 Å². The molecule has 4 nitrogen and oxygen atoms in total. The van der Waals surface area contributed by atoms with Gasteiger partial charge in [-0.3, -0.25) is 4.79 Å². The highest BCUT2D eigenvalue weighted by molar-refractivity contribution is 5.92. The van der Waals surface area contributed by atoms with E-state index in [2.05, 4.69) is 10.3 Å². The Morgan fingerprint density at radius 3 is 2.67 bits per heavy atom. The highest BCUT2D eigenvalue weighted by Gasteiger charge is 2.26. The summed E-state index contributed by atoms with van der Waals surface area (Å²) in [6.45, 7) is -0.0694. The first-order valence-corrected chi connectivity index (χ1v) is 5.13. The number of nitrogens with one attached hydrogen (secondary N) is 1. The Hall–Kier alpha value is -2.10. The summed E-state index contributed by atoms with van der Waals surface area (Å²) in [4.78, 5) is 15.2. The highest BCUT2D eigenvalue weighted by Crippen LogP contribution is 2.20. The van der Waals surface area contributed by atoms with Crippen LogP contribution in [0.4, 0.5) is 13.2 Å². The summed E-state index contributed by atoms with van der Waals surface area (Å²) in [5.74, 6) is -0.554. The molecule has 1 heterocycles. The Kier molecular flexibility index (Phi) is 4.66. The van der Waals surface area contributed by atoms with Crippen LogP contribution in [0, 0.1) is 11.3 Å². The lowest BCUT2D eigenvalue weighted by molar-refractivity contribution is -0.135. The van der Waals surface area contributed by atoms with Gasteiger partial charge in [-0.2, -0.15) is 18.4 Å². The molecule has 1 aromatic heterocycles. The molecule has 1 N–H and O–H groups in total. The van der Waals surface area contributed by atoms with Gasteiger partial charge in [0.25, 0.3) is 5.91 Å². The molecule has 0 saturated carbocycles. The molecule has 0 unspecified atom stereocenters. The van der Waals surface area contributed by atoms with Gasteiger partial charge in [0, 0.05) is 19.2 Å². The van der Waals surface area contributed by atoms with Gasteiger partial charge in [-0.05, 0) is 18.6 Å². The monoisotopic (exact) mass is 257 g/mol. The Labute approximate surface area is 101 Å². The van der Waals surface area contributed by atoms with Crippen LogP contribution in [0.3, 0.4) is 0 Å². The minimum Gasteiger partial charge on any atom is -0.351 e. The van der Waals surface area contributed by atoms with Crippen molar-refractivity contribution in [2.45, 2.75) is 19.0 Å². The number of nitrogens with zero attached hydrogens (tertiary/aromatic N) is 2. The Morgan fingerprint density at radius 1 is 1.44 bits per heavy atom. The zero-order valence-corrected chi connectivity index (χ0v) is 9.29. The molecule has 1 aromatic rings. The average Bonchev–Trinajstić information content (AvgIpc) is 2.33. The lowest BCUT2D eigenvalue weighted by Gasteiger charge is -2.07. The van der Waals surface area contributed by atoms with Gasteiger partial charge in [0.15, 0.2) is 0 Å². The average molecular weight is 257 g/mol. The first-order chi connectivity index (χ1) is 8.42. The Morgan fingerprint density at radius 2 is 2.17 bits per heavy atom. The van der Waals surface area contributed by atoms with Crippen LogP contribution in [0.2, 0.25) is 0 Å². The number of rotatable bonds is 4. The fourth-order valence-electron chi connectivity index (χ4n) is 1.18. The Balaban J connectivity index is 2.39. The van der Waals surface area contributed by atoms with Crippen LogP contribution in [-0.2, 0) is 0 Å². The van der Waals surface area contributed by atoms with Crippen molar-refractivity contribution in [3.63, 3.8) is 0 Å². The summed E-state index contributed by atoms with van der Waals surface area (Å²) in [5, 5.41) is 10.8. The second-order valence-corrected chi connectivity index (χ2v) is 3.52. The van der Waals surface area contributed by atoms with Crippen LogP contribution < -0.4 is 5.32 Å². The molecule has 96 valence electrons. The topological polar surface area (TPSA) is 65.8 Å². The highest BCUT2D eigenvalue weighted by atomic mass is 19.4. The van der Waals surface area contributed by atoms with Crippen LogP contribution in [0.25, 0.3) is 0 Å². The molecule has 0 aliphatic carbocycles. The SMILES string of the molecule is N#Cc1ccc(C(=O)NCCCC(F)(F)F)nc1. The van der Waals surface area contributed by atoms with Crippen LogP contribution in [0.1, 0.15) is 28.9 Å². The summed E-state index contributed by atoms with van der Waals surface area (Å²) in [7, 11) is 0. The van der Waals surface area contributed by atoms with Crippen molar-refractivity contribution in [2.75, 3.05) is 6.54 Å². The van der Waals surface area contributed by atoms with Crippen molar-refractivity contribution in [3.8, 4) is 6.07 Å². The number of hydrogen-bond acceptors (Lipinski definition) is 3. The molecule has 0 aliphatic rings. The molecule has 0 aliphatic heterocycles. The summed E-state index contributed by atoms with van der Waals surface area (Å²) in [5.41, 5.74) is 0.379. The number of carbonyl (C=O) groups excluding carboxylic acids is 1. The predicted molar refractivity (Wildman–Crippen MR) is 56.6 cm³/mol. The van der Waals surface area contributed by atoms with Crippen LogP contribution in [0.5, 0.6) is 0 Å². The van der Waals surface area contributed by atoms with Gasteiger partial charge in [-0.1, -0.05) is 0 Å². The van der Waals surface area contributed by atoms with Crippen LogP contribution in [0.15, 0.2) is 18.3 Å². The zero-order chi connectivity index (χ0) is 13.6. The number of alkyl halides is 3. The standard InChI is InChI=1S/C11H10F3N3O/c12-11(13,14)4-1-5-16-10(18)9-3-2-8(6-15)7-17-9/h2-3,7H,1,4-5H2,(H,16,18). The maximum absolute atomic E-state index is 11.8. The van der Waals surface area contributed by atoms with Gasteiger partial charge >= 0.3 is 6.18 Å². The third-order valence-electron chi connectivity index (χ3n) is 2.05. The number of pyridine rings is 1. The number of halogens is 3. The number of nitriles is 1. The first kappa shape index (κ1) is 14.0. The van der Waals surface area contributed by atoms with E-state index in [4.69, 9.17) is 5.26 Å². The van der Waals surface area contributed by atoms with Crippen LogP contribution >= 0.6 is 0 Å². The third kappa shape index (κ3) is 4.82. The minimum absolute atomic E-state index is 0.0694. The largest absolute Gasteiger partial charge is 0.389 e. The lowest BCUT2D eigenvalue weighted by Crippen LogP contribution is -2.26. The summed E-state index contributed by atoms with van der Waals surface area (Å²) < 4.78 is 35.5. The molecule has 0 bridgehead atoms. The maximum Gasteiger partial charge on any atom is 0.389 e. The van der Waals surface area contributed by atoms with E-state index in [1.165, 1.54) is 18.3 Å². The van der Waals surface area contributed by atoms with Gasteiger partial charge in [0.1, 0.15) is 11.8 Å². The second-order valence-electron chi connectivity index (χ2n) is 3.52. The molecule has 18 heavy (non-hydrogen) atoms. The lowest BCUT2D eigenvalue weighted by atomic mass is 10.2. The summed E-state index contributed by atoms with van der Waals surface area (Å²) >= 11 is 0. The van der Waals surface area contributed by atoms with E-state index >= 15 is 0 Å². The fourth-order valence-corrected chi connectivity index (χ4v) is 1.18. The van der Waals surface area contributed by atoms with Crippen molar-refractivity contribution < 1.29 is 18.0 Å². The molecule has 0 aromatic carbocycles. The minimum atomic E-state index is -4.21. The first-order valence-electron chi connectivity index (χ1n) is 5.13. The van der Waals surface area contributed by atoms with Gasteiger partial charge in [0.05, 0.1) is 5.56 Å². The predicted octanol–water partition coefficient (Wildman–Crippen LogP) is 2.03. The van der Waals surface area contributed by atoms with E-state index in [-0.39, 0.29) is 18.7 Å². The van der Waals surface area contributed by atoms with E-state index < -0.39 is 18.5 Å². The molecule has 0 fully saturated rings. The van der Waals surface area contributed by atoms with Gasteiger partial charge in [-0.25, -0.2) is 4.98 Å². The molecular formula is C11H10F3N3O. The van der Waals surface area contributed by atoms with Crippen molar-refractivity contribution in [1.82, 2.24) is 10.3 Å². The quantitative estimate of drug-likeness (QED) is 0.839. The molecule has 1 amide bonds. The molecule has 0 radical (unpaired) electrons. The summed E-state index contributed by atoms with van der Waals surface area (Å²) in [6.07, 6.45) is -4.10. The fraction of sp³-hybridized carbons (Fsp3) is 0.364. The summed E-state index contributed by atoms with van der Waals surface area (Å²) in [6, 6.07) is 4.60. The van der Waals surface area contributed by atoms with E-state index in [9.17, 15) is 18.0 Å². The zero-order valence-electron chi connectivity index (χ0n) is 9.29. The molecule has 1 rings (SSSR count). The number of carbonyl (C=O) groups is 1. The van der Waals surface area contributed by atoms with E-state index in [1.807, 2.05) is 6.07 Å².